The van der Waals surface area contributed by atoms with E-state index in [0.29, 0.717) is 5.88 Å². The number of ether oxygens (including phenoxy) is 1. The molecule has 98 valence electrons. The van der Waals surface area contributed by atoms with Crippen molar-refractivity contribution in [1.29, 1.82) is 0 Å². The van der Waals surface area contributed by atoms with Gasteiger partial charge >= 0.3 is 0 Å². The second-order valence-electron chi connectivity index (χ2n) is 4.48. The molecule has 0 aliphatic carbocycles. The van der Waals surface area contributed by atoms with E-state index < -0.39 is 0 Å². The van der Waals surface area contributed by atoms with E-state index in [1.54, 1.807) is 7.11 Å². The van der Waals surface area contributed by atoms with Crippen molar-refractivity contribution in [3.05, 3.63) is 29.3 Å². The number of anilines is 1. The third-order valence-electron chi connectivity index (χ3n) is 3.21. The average Bonchev–Trinajstić information content (AvgIpc) is 2.38. The van der Waals surface area contributed by atoms with Crippen molar-refractivity contribution in [2.45, 2.75) is 19.3 Å². The Hall–Kier alpha value is -1.06. The van der Waals surface area contributed by atoms with Crippen molar-refractivity contribution in [2.24, 2.45) is 0 Å². The number of benzene rings is 1. The smallest absolute Gasteiger partial charge is 0.252 e. The Morgan fingerprint density at radius 2 is 2.33 bits per heavy atom. The summed E-state index contributed by atoms with van der Waals surface area (Å²) in [5.41, 5.74) is 3.51. The number of amides is 1. The van der Waals surface area contributed by atoms with Crippen LogP contribution in [-0.2, 0) is 22.4 Å². The van der Waals surface area contributed by atoms with Crippen LogP contribution in [0.15, 0.2) is 18.2 Å². The van der Waals surface area contributed by atoms with Crippen LogP contribution in [0.5, 0.6) is 0 Å². The summed E-state index contributed by atoms with van der Waals surface area (Å²) in [4.78, 5) is 13.8. The summed E-state index contributed by atoms with van der Waals surface area (Å²) in [6.45, 7) is 0.924. The normalized spacial score (nSPS) is 14.4. The van der Waals surface area contributed by atoms with E-state index in [-0.39, 0.29) is 12.5 Å². The van der Waals surface area contributed by atoms with Gasteiger partial charge in [-0.15, -0.1) is 11.6 Å². The first-order valence-electron chi connectivity index (χ1n) is 6.23. The molecule has 0 fully saturated rings. The molecule has 1 amide bonds. The third kappa shape index (κ3) is 2.85. The molecule has 18 heavy (non-hydrogen) atoms. The molecule has 4 heteroatoms. The number of carbonyl (C=O) groups is 1. The van der Waals surface area contributed by atoms with Gasteiger partial charge in [-0.05, 0) is 36.5 Å². The van der Waals surface area contributed by atoms with Crippen LogP contribution in [0.1, 0.15) is 17.5 Å². The van der Waals surface area contributed by atoms with Gasteiger partial charge in [0.1, 0.15) is 6.61 Å². The van der Waals surface area contributed by atoms with Crippen LogP contribution in [0.2, 0.25) is 0 Å². The lowest BCUT2D eigenvalue weighted by atomic mass is 9.98. The minimum Gasteiger partial charge on any atom is -0.375 e. The molecule has 0 atom stereocenters. The maximum Gasteiger partial charge on any atom is 0.252 e. The lowest BCUT2D eigenvalue weighted by Gasteiger charge is -2.29. The van der Waals surface area contributed by atoms with Gasteiger partial charge in [0.2, 0.25) is 0 Å². The topological polar surface area (TPSA) is 29.5 Å². The number of alkyl halides is 1. The highest BCUT2D eigenvalue weighted by atomic mass is 35.5. The number of rotatable bonds is 4. The second-order valence-corrected chi connectivity index (χ2v) is 4.86. The Morgan fingerprint density at radius 1 is 1.50 bits per heavy atom. The molecule has 0 saturated heterocycles. The van der Waals surface area contributed by atoms with E-state index in [0.717, 1.165) is 31.5 Å². The molecular formula is C14H18ClNO2. The molecule has 1 aromatic rings. The number of halogens is 1. The Balaban J connectivity index is 2.24. The van der Waals surface area contributed by atoms with Gasteiger partial charge in [0.05, 0.1) is 0 Å². The van der Waals surface area contributed by atoms with Crippen molar-refractivity contribution in [2.75, 3.05) is 31.0 Å². The van der Waals surface area contributed by atoms with E-state index in [2.05, 4.69) is 12.1 Å². The standard InChI is InChI=1S/C14H18ClNO2/c1-18-10-14(17)16-8-2-3-12-9-11(6-7-15)4-5-13(12)16/h4-5,9H,2-3,6-8,10H2,1H3. The van der Waals surface area contributed by atoms with Crippen molar-refractivity contribution < 1.29 is 9.53 Å². The number of methoxy groups -OCH3 is 1. The molecule has 1 heterocycles. The predicted molar refractivity (Wildman–Crippen MR) is 73.4 cm³/mol. The zero-order valence-electron chi connectivity index (χ0n) is 10.6. The third-order valence-corrected chi connectivity index (χ3v) is 3.40. The van der Waals surface area contributed by atoms with Crippen molar-refractivity contribution in [3.8, 4) is 0 Å². The minimum atomic E-state index is 0.0311. The molecule has 0 bridgehead atoms. The second kappa shape index (κ2) is 6.21. The Labute approximate surface area is 113 Å². The molecule has 0 N–H and O–H groups in total. The van der Waals surface area contributed by atoms with Crippen LogP contribution in [0, 0.1) is 0 Å². The SMILES string of the molecule is COCC(=O)N1CCCc2cc(CCCl)ccc21. The summed E-state index contributed by atoms with van der Waals surface area (Å²) < 4.78 is 4.93. The van der Waals surface area contributed by atoms with Gasteiger partial charge in [-0.3, -0.25) is 4.79 Å². The van der Waals surface area contributed by atoms with E-state index in [4.69, 9.17) is 16.3 Å². The minimum absolute atomic E-state index is 0.0311. The van der Waals surface area contributed by atoms with Gasteiger partial charge in [-0.25, -0.2) is 0 Å². The number of hydrogen-bond donors (Lipinski definition) is 0. The van der Waals surface area contributed by atoms with Crippen LogP contribution in [0.3, 0.4) is 0 Å². The first-order chi connectivity index (χ1) is 8.76. The Bertz CT molecular complexity index is 434. The highest BCUT2D eigenvalue weighted by Crippen LogP contribution is 2.28. The fraction of sp³-hybridized carbons (Fsp3) is 0.500. The van der Waals surface area contributed by atoms with Crippen molar-refractivity contribution >= 4 is 23.2 Å². The summed E-state index contributed by atoms with van der Waals surface area (Å²) in [6.07, 6.45) is 2.91. The monoisotopic (exact) mass is 267 g/mol. The lowest BCUT2D eigenvalue weighted by Crippen LogP contribution is -2.37. The van der Waals surface area contributed by atoms with Gasteiger partial charge in [0, 0.05) is 25.2 Å². The molecule has 3 nitrogen and oxygen atoms in total. The Morgan fingerprint density at radius 3 is 3.06 bits per heavy atom. The van der Waals surface area contributed by atoms with Gasteiger partial charge in [0.25, 0.3) is 5.91 Å². The van der Waals surface area contributed by atoms with Crippen LogP contribution in [-0.4, -0.2) is 32.0 Å². The van der Waals surface area contributed by atoms with Gasteiger partial charge in [0.15, 0.2) is 0 Å². The van der Waals surface area contributed by atoms with Crippen LogP contribution in [0.25, 0.3) is 0 Å². The highest BCUT2D eigenvalue weighted by Gasteiger charge is 2.22. The van der Waals surface area contributed by atoms with Gasteiger partial charge in [-0.2, -0.15) is 0 Å². The molecule has 0 radical (unpaired) electrons. The number of carbonyl (C=O) groups excluding carboxylic acids is 1. The fourth-order valence-corrected chi connectivity index (χ4v) is 2.59. The number of fused-ring (bicyclic) bond motifs is 1. The molecule has 2 rings (SSSR count). The van der Waals surface area contributed by atoms with Crippen LogP contribution in [0.4, 0.5) is 5.69 Å². The fourth-order valence-electron chi connectivity index (χ4n) is 2.38. The molecule has 0 aromatic heterocycles. The first-order valence-corrected chi connectivity index (χ1v) is 6.76. The molecule has 0 unspecified atom stereocenters. The van der Waals surface area contributed by atoms with E-state index in [1.165, 1.54) is 11.1 Å². The zero-order valence-corrected chi connectivity index (χ0v) is 11.4. The van der Waals surface area contributed by atoms with Crippen LogP contribution >= 0.6 is 11.6 Å². The summed E-state index contributed by atoms with van der Waals surface area (Å²) >= 11 is 5.76. The number of hydrogen-bond acceptors (Lipinski definition) is 2. The van der Waals surface area contributed by atoms with Gasteiger partial charge < -0.3 is 9.64 Å². The molecule has 1 aliphatic rings. The lowest BCUT2D eigenvalue weighted by molar-refractivity contribution is -0.122. The highest BCUT2D eigenvalue weighted by molar-refractivity contribution is 6.18. The molecule has 1 aliphatic heterocycles. The molecule has 0 spiro atoms. The molecule has 0 saturated carbocycles. The van der Waals surface area contributed by atoms with Crippen molar-refractivity contribution in [3.63, 3.8) is 0 Å². The summed E-state index contributed by atoms with van der Waals surface area (Å²) in [5.74, 6) is 0.661. The summed E-state index contributed by atoms with van der Waals surface area (Å²) in [5, 5.41) is 0. The van der Waals surface area contributed by atoms with E-state index in [1.807, 2.05) is 11.0 Å². The number of nitrogens with zero attached hydrogens (tertiary/aromatic N) is 1. The maximum absolute atomic E-state index is 12.0. The largest absolute Gasteiger partial charge is 0.375 e. The molecular weight excluding hydrogens is 250 g/mol. The Kier molecular flexibility index (Phi) is 4.61. The van der Waals surface area contributed by atoms with Gasteiger partial charge in [-0.1, -0.05) is 12.1 Å². The molecule has 1 aromatic carbocycles. The number of aryl methyl sites for hydroxylation is 2. The quantitative estimate of drug-likeness (QED) is 0.784. The maximum atomic E-state index is 12.0. The predicted octanol–water partition coefficient (Wildman–Crippen LogP) is 2.39. The zero-order chi connectivity index (χ0) is 13.0. The summed E-state index contributed by atoms with van der Waals surface area (Å²) in [7, 11) is 1.55. The summed E-state index contributed by atoms with van der Waals surface area (Å²) in [6, 6.07) is 6.26. The first kappa shape index (κ1) is 13.4. The van der Waals surface area contributed by atoms with E-state index >= 15 is 0 Å². The average molecular weight is 268 g/mol. The van der Waals surface area contributed by atoms with Crippen molar-refractivity contribution in [1.82, 2.24) is 0 Å². The van der Waals surface area contributed by atoms with E-state index in [9.17, 15) is 4.79 Å². The van der Waals surface area contributed by atoms with Crippen LogP contribution < -0.4 is 4.90 Å².